The van der Waals surface area contributed by atoms with Gasteiger partial charge < -0.3 is 4.42 Å². The van der Waals surface area contributed by atoms with Gasteiger partial charge in [-0.25, -0.2) is 9.37 Å². The van der Waals surface area contributed by atoms with Crippen LogP contribution in [0, 0.1) is 12.7 Å². The van der Waals surface area contributed by atoms with Gasteiger partial charge in [-0.15, -0.1) is 10.2 Å². The maximum absolute atomic E-state index is 13.0. The molecule has 2 heterocycles. The zero-order chi connectivity index (χ0) is 17.2. The largest absolute Gasteiger partial charge is 0.439 e. The summed E-state index contributed by atoms with van der Waals surface area (Å²) in [4.78, 5) is 5.64. The van der Waals surface area contributed by atoms with Gasteiger partial charge in [-0.3, -0.25) is 0 Å². The van der Waals surface area contributed by atoms with E-state index in [9.17, 15) is 4.39 Å². The average molecular weight is 335 g/mol. The van der Waals surface area contributed by atoms with Crippen molar-refractivity contribution in [3.8, 4) is 22.7 Å². The van der Waals surface area contributed by atoms with Gasteiger partial charge in [-0.05, 0) is 36.4 Å². The first-order valence-electron chi connectivity index (χ1n) is 7.73. The summed E-state index contributed by atoms with van der Waals surface area (Å²) in [5.41, 5.74) is 2.83. The molecule has 0 bridgehead atoms. The number of nitrogens with zero attached hydrogens (tertiary/aromatic N) is 5. The summed E-state index contributed by atoms with van der Waals surface area (Å²) in [6.07, 6.45) is 1.60. The molecule has 0 saturated carbocycles. The summed E-state index contributed by atoms with van der Waals surface area (Å²) >= 11 is 0. The first-order chi connectivity index (χ1) is 12.2. The summed E-state index contributed by atoms with van der Waals surface area (Å²) in [6.45, 7) is 2.29. The lowest BCUT2D eigenvalue weighted by atomic mass is 10.1. The molecular weight excluding hydrogens is 321 g/mol. The number of benzene rings is 2. The van der Waals surface area contributed by atoms with Gasteiger partial charge in [-0.1, -0.05) is 29.8 Å². The summed E-state index contributed by atoms with van der Waals surface area (Å²) in [7, 11) is 0. The summed E-state index contributed by atoms with van der Waals surface area (Å²) < 4.78 is 18.7. The second-order valence-corrected chi connectivity index (χ2v) is 5.63. The minimum atomic E-state index is -0.293. The Bertz CT molecular complexity index is 907. The Balaban J connectivity index is 1.51. The van der Waals surface area contributed by atoms with Crippen LogP contribution in [0.5, 0.6) is 0 Å². The highest BCUT2D eigenvalue weighted by Gasteiger charge is 2.10. The zero-order valence-electron chi connectivity index (χ0n) is 13.4. The third-order valence-corrected chi connectivity index (χ3v) is 3.72. The van der Waals surface area contributed by atoms with Gasteiger partial charge in [0, 0.05) is 11.1 Å². The van der Waals surface area contributed by atoms with Gasteiger partial charge in [0.05, 0.1) is 6.20 Å². The molecule has 0 atom stereocenters. The molecule has 0 fully saturated rings. The number of hydrogen-bond acceptors (Lipinski definition) is 5. The van der Waals surface area contributed by atoms with Crippen LogP contribution in [0.1, 0.15) is 11.5 Å². The number of halogens is 1. The van der Waals surface area contributed by atoms with Gasteiger partial charge in [0.25, 0.3) is 0 Å². The molecule has 0 aliphatic heterocycles. The predicted octanol–water partition coefficient (Wildman–Crippen LogP) is 3.49. The minimum absolute atomic E-state index is 0.264. The zero-order valence-corrected chi connectivity index (χ0v) is 13.4. The molecule has 0 amide bonds. The molecule has 25 heavy (non-hydrogen) atoms. The van der Waals surface area contributed by atoms with Crippen molar-refractivity contribution in [3.05, 3.63) is 72.0 Å². The van der Waals surface area contributed by atoms with E-state index < -0.39 is 0 Å². The normalized spacial score (nSPS) is 11.0. The molecule has 0 saturated heterocycles. The van der Waals surface area contributed by atoms with Crippen LogP contribution in [0.4, 0.5) is 4.39 Å². The third kappa shape index (κ3) is 3.30. The quantitative estimate of drug-likeness (QED) is 0.571. The highest BCUT2D eigenvalue weighted by Crippen LogP contribution is 2.21. The van der Waals surface area contributed by atoms with Gasteiger partial charge in [0.2, 0.25) is 11.7 Å². The first kappa shape index (κ1) is 15.2. The summed E-state index contributed by atoms with van der Waals surface area (Å²) in [5, 5.41) is 12.4. The Morgan fingerprint density at radius 2 is 1.72 bits per heavy atom. The van der Waals surface area contributed by atoms with E-state index in [1.807, 2.05) is 31.2 Å². The Kier molecular flexibility index (Phi) is 3.81. The molecular formula is C18H14FN5O. The molecule has 2 aromatic carbocycles. The molecule has 0 aliphatic carbocycles. The van der Waals surface area contributed by atoms with E-state index in [0.29, 0.717) is 17.5 Å². The molecule has 0 aliphatic rings. The molecule has 4 rings (SSSR count). The fourth-order valence-corrected chi connectivity index (χ4v) is 2.38. The Morgan fingerprint density at radius 1 is 1.00 bits per heavy atom. The smallest absolute Gasteiger partial charge is 0.218 e. The van der Waals surface area contributed by atoms with Crippen molar-refractivity contribution in [1.29, 1.82) is 0 Å². The van der Waals surface area contributed by atoms with Crippen molar-refractivity contribution in [1.82, 2.24) is 25.2 Å². The van der Waals surface area contributed by atoms with E-state index in [2.05, 4.69) is 20.4 Å². The highest BCUT2D eigenvalue weighted by molar-refractivity contribution is 5.56. The van der Waals surface area contributed by atoms with Crippen LogP contribution in [0.25, 0.3) is 22.7 Å². The number of aryl methyl sites for hydroxylation is 1. The number of tetrazole rings is 1. The van der Waals surface area contributed by atoms with E-state index in [4.69, 9.17) is 4.42 Å². The number of rotatable bonds is 4. The maximum atomic E-state index is 13.0. The van der Waals surface area contributed by atoms with Gasteiger partial charge in [0.15, 0.2) is 5.76 Å². The van der Waals surface area contributed by atoms with Crippen LogP contribution in [0.2, 0.25) is 0 Å². The molecule has 0 N–H and O–H groups in total. The molecule has 6 nitrogen and oxygen atoms in total. The summed E-state index contributed by atoms with van der Waals surface area (Å²) in [5.74, 6) is 1.27. The second-order valence-electron chi connectivity index (χ2n) is 5.63. The highest BCUT2D eigenvalue weighted by atomic mass is 19.1. The van der Waals surface area contributed by atoms with Crippen LogP contribution in [0.3, 0.4) is 0 Å². The monoisotopic (exact) mass is 335 g/mol. The predicted molar refractivity (Wildman–Crippen MR) is 89.0 cm³/mol. The molecule has 2 aromatic heterocycles. The molecule has 4 aromatic rings. The first-order valence-corrected chi connectivity index (χ1v) is 7.73. The SMILES string of the molecule is Cc1ccc(-c2nnn(Cc3ncc(-c4ccc(F)cc4)o3)n2)cc1. The van der Waals surface area contributed by atoms with Gasteiger partial charge in [-0.2, -0.15) is 4.80 Å². The average Bonchev–Trinajstić information content (AvgIpc) is 3.27. The number of oxazole rings is 1. The molecule has 124 valence electrons. The van der Waals surface area contributed by atoms with Crippen LogP contribution in [-0.4, -0.2) is 25.2 Å². The van der Waals surface area contributed by atoms with Crippen LogP contribution in [0.15, 0.2) is 59.1 Å². The van der Waals surface area contributed by atoms with Gasteiger partial charge in [0.1, 0.15) is 12.4 Å². The number of aromatic nitrogens is 5. The summed E-state index contributed by atoms with van der Waals surface area (Å²) in [6, 6.07) is 13.9. The minimum Gasteiger partial charge on any atom is -0.439 e. The molecule has 0 unspecified atom stereocenters. The topological polar surface area (TPSA) is 69.6 Å². The lowest BCUT2D eigenvalue weighted by Crippen LogP contribution is -2.04. The van der Waals surface area contributed by atoms with E-state index in [0.717, 1.165) is 11.1 Å². The molecule has 0 spiro atoms. The Morgan fingerprint density at radius 3 is 2.48 bits per heavy atom. The van der Waals surface area contributed by atoms with Crippen molar-refractivity contribution in [2.75, 3.05) is 0 Å². The van der Waals surface area contributed by atoms with Crippen molar-refractivity contribution < 1.29 is 8.81 Å². The van der Waals surface area contributed by atoms with E-state index in [1.54, 1.807) is 18.3 Å². The second kappa shape index (κ2) is 6.27. The number of hydrogen-bond donors (Lipinski definition) is 0. The third-order valence-electron chi connectivity index (χ3n) is 3.72. The van der Waals surface area contributed by atoms with Crippen LogP contribution in [-0.2, 0) is 6.54 Å². The lowest BCUT2D eigenvalue weighted by Gasteiger charge is -1.96. The fourth-order valence-electron chi connectivity index (χ4n) is 2.38. The van der Waals surface area contributed by atoms with Gasteiger partial charge >= 0.3 is 0 Å². The maximum Gasteiger partial charge on any atom is 0.218 e. The van der Waals surface area contributed by atoms with Crippen molar-refractivity contribution >= 4 is 0 Å². The van der Waals surface area contributed by atoms with Crippen molar-refractivity contribution in [3.63, 3.8) is 0 Å². The Hall–Kier alpha value is -3.35. The van der Waals surface area contributed by atoms with E-state index in [-0.39, 0.29) is 12.4 Å². The van der Waals surface area contributed by atoms with E-state index in [1.165, 1.54) is 22.5 Å². The van der Waals surface area contributed by atoms with E-state index >= 15 is 0 Å². The molecule has 7 heteroatoms. The van der Waals surface area contributed by atoms with Crippen LogP contribution < -0.4 is 0 Å². The lowest BCUT2D eigenvalue weighted by molar-refractivity contribution is 0.446. The standard InChI is InChI=1S/C18H14FN5O/c1-12-2-4-14(5-3-12)18-21-23-24(22-18)11-17-20-10-16(25-17)13-6-8-15(19)9-7-13/h2-10H,11H2,1H3. The van der Waals surface area contributed by atoms with Crippen molar-refractivity contribution in [2.45, 2.75) is 13.5 Å². The van der Waals surface area contributed by atoms with Crippen LogP contribution >= 0.6 is 0 Å². The molecule has 0 radical (unpaired) electrons. The fraction of sp³-hybridized carbons (Fsp3) is 0.111. The Labute approximate surface area is 142 Å². The van der Waals surface area contributed by atoms with Crippen molar-refractivity contribution in [2.24, 2.45) is 0 Å².